The zero-order valence-corrected chi connectivity index (χ0v) is 19.7. The number of hydrogen-bond acceptors (Lipinski definition) is 3. The van der Waals surface area contributed by atoms with E-state index in [-0.39, 0.29) is 41.9 Å². The van der Waals surface area contributed by atoms with Crippen LogP contribution in [0.4, 0.5) is 33.5 Å². The predicted octanol–water partition coefficient (Wildman–Crippen LogP) is 7.00. The molecule has 0 amide bonds. The molecule has 6 nitrogen and oxygen atoms in total. The molecule has 36 heavy (non-hydrogen) atoms. The van der Waals surface area contributed by atoms with Gasteiger partial charge in [-0.05, 0) is 48.7 Å². The van der Waals surface area contributed by atoms with Crippen molar-refractivity contribution in [1.82, 2.24) is 9.78 Å². The summed E-state index contributed by atoms with van der Waals surface area (Å²) >= 11 is 5.93. The van der Waals surface area contributed by atoms with Gasteiger partial charge < -0.3 is 15.4 Å². The summed E-state index contributed by atoms with van der Waals surface area (Å²) in [6.07, 6.45) is -1.46. The largest absolute Gasteiger partial charge is 0.435 e. The molecular formula is C24H23ClF5N5O. The SMILES string of the molecule is Fc1cccc(COCN=C(Nc2cc(F)cc(Cl)c2)Nc2cc(C(F)(F)F)nn2C2CCCC2)c1. The van der Waals surface area contributed by atoms with Gasteiger partial charge >= 0.3 is 6.18 Å². The molecule has 12 heteroatoms. The van der Waals surface area contributed by atoms with Crippen LogP contribution in [0.5, 0.6) is 0 Å². The van der Waals surface area contributed by atoms with Crippen molar-refractivity contribution >= 4 is 29.1 Å². The average Bonchev–Trinajstić information content (AvgIpc) is 3.46. The molecule has 1 heterocycles. The minimum absolute atomic E-state index is 0.0104. The lowest BCUT2D eigenvalue weighted by atomic mass is 10.2. The number of halogens is 6. The highest BCUT2D eigenvalue weighted by Gasteiger charge is 2.36. The summed E-state index contributed by atoms with van der Waals surface area (Å²) in [5.74, 6) is -0.953. The second-order valence-electron chi connectivity index (χ2n) is 8.32. The molecule has 0 saturated heterocycles. The summed E-state index contributed by atoms with van der Waals surface area (Å²) in [6.45, 7) is -0.169. The monoisotopic (exact) mass is 527 g/mol. The van der Waals surface area contributed by atoms with Gasteiger partial charge in [0.1, 0.15) is 24.2 Å². The van der Waals surface area contributed by atoms with Crippen molar-refractivity contribution in [3.8, 4) is 0 Å². The molecule has 3 aromatic rings. The van der Waals surface area contributed by atoms with Gasteiger partial charge in [0.15, 0.2) is 5.69 Å². The molecule has 1 aliphatic rings. The fraction of sp³-hybridized carbons (Fsp3) is 0.333. The molecule has 0 radical (unpaired) electrons. The van der Waals surface area contributed by atoms with Gasteiger partial charge in [0.05, 0.1) is 12.6 Å². The molecule has 0 spiro atoms. The van der Waals surface area contributed by atoms with E-state index in [9.17, 15) is 22.0 Å². The maximum atomic E-state index is 13.9. The molecule has 1 aliphatic carbocycles. The van der Waals surface area contributed by atoms with E-state index in [0.29, 0.717) is 18.4 Å². The Balaban J connectivity index is 1.58. The van der Waals surface area contributed by atoms with Crippen molar-refractivity contribution in [3.05, 3.63) is 76.4 Å². The molecule has 1 fully saturated rings. The molecular weight excluding hydrogens is 505 g/mol. The van der Waals surface area contributed by atoms with E-state index in [4.69, 9.17) is 16.3 Å². The van der Waals surface area contributed by atoms with Gasteiger partial charge in [0.2, 0.25) is 5.96 Å². The van der Waals surface area contributed by atoms with Crippen molar-refractivity contribution < 1.29 is 26.7 Å². The summed E-state index contributed by atoms with van der Waals surface area (Å²) in [6, 6.07) is 10.3. The van der Waals surface area contributed by atoms with Gasteiger partial charge in [0.25, 0.3) is 0 Å². The summed E-state index contributed by atoms with van der Waals surface area (Å²) in [7, 11) is 0. The lowest BCUT2D eigenvalue weighted by molar-refractivity contribution is -0.141. The Kier molecular flexibility index (Phi) is 8.10. The van der Waals surface area contributed by atoms with Crippen LogP contribution in [0.25, 0.3) is 0 Å². The van der Waals surface area contributed by atoms with E-state index in [1.807, 2.05) is 0 Å². The number of alkyl halides is 3. The number of benzene rings is 2. The first-order valence-corrected chi connectivity index (χ1v) is 11.6. The molecule has 1 saturated carbocycles. The number of nitrogens with zero attached hydrogens (tertiary/aromatic N) is 3. The number of anilines is 2. The second kappa shape index (κ2) is 11.3. The van der Waals surface area contributed by atoms with Crippen molar-refractivity contribution in [2.45, 2.75) is 44.5 Å². The molecule has 0 aliphatic heterocycles. The number of aromatic nitrogens is 2. The fourth-order valence-electron chi connectivity index (χ4n) is 3.95. The first kappa shape index (κ1) is 25.9. The quantitative estimate of drug-likeness (QED) is 0.150. The topological polar surface area (TPSA) is 63.5 Å². The third-order valence-electron chi connectivity index (χ3n) is 5.54. The van der Waals surface area contributed by atoms with Crippen LogP contribution in [-0.4, -0.2) is 22.5 Å². The zero-order valence-electron chi connectivity index (χ0n) is 19.0. The third kappa shape index (κ3) is 6.94. The predicted molar refractivity (Wildman–Crippen MR) is 127 cm³/mol. The molecule has 1 aromatic heterocycles. The Hall–Kier alpha value is -3.18. The van der Waals surface area contributed by atoms with Gasteiger partial charge in [-0.3, -0.25) is 0 Å². The Bertz CT molecular complexity index is 1200. The van der Waals surface area contributed by atoms with Crippen molar-refractivity contribution in [2.75, 3.05) is 17.4 Å². The molecule has 192 valence electrons. The van der Waals surface area contributed by atoms with Crippen molar-refractivity contribution in [2.24, 2.45) is 4.99 Å². The minimum Gasteiger partial charge on any atom is -0.354 e. The van der Waals surface area contributed by atoms with E-state index >= 15 is 0 Å². The molecule has 2 aromatic carbocycles. The van der Waals surface area contributed by atoms with Gasteiger partial charge in [-0.15, -0.1) is 0 Å². The molecule has 4 rings (SSSR count). The normalized spacial score (nSPS) is 14.9. The third-order valence-corrected chi connectivity index (χ3v) is 5.76. The van der Waals surface area contributed by atoms with E-state index in [1.165, 1.54) is 22.9 Å². The standard InChI is InChI=1S/C24H23ClF5N5O/c25-16-9-18(27)11-19(10-16)32-23(31-14-36-13-15-4-3-5-17(26)8-15)33-22-12-21(24(28,29)30)34-35(22)20-6-1-2-7-20/h3-5,8-12,20H,1-2,6-7,13-14H2,(H2,31,32,33). The number of rotatable bonds is 7. The van der Waals surface area contributed by atoms with Crippen LogP contribution >= 0.6 is 11.6 Å². The van der Waals surface area contributed by atoms with Gasteiger partial charge in [-0.2, -0.15) is 18.3 Å². The van der Waals surface area contributed by atoms with Crippen LogP contribution in [-0.2, 0) is 17.5 Å². The molecule has 0 atom stereocenters. The maximum Gasteiger partial charge on any atom is 0.435 e. The van der Waals surface area contributed by atoms with E-state index < -0.39 is 23.5 Å². The van der Waals surface area contributed by atoms with Crippen LogP contribution in [0.2, 0.25) is 5.02 Å². The highest BCUT2D eigenvalue weighted by molar-refractivity contribution is 6.31. The zero-order chi connectivity index (χ0) is 25.7. The fourth-order valence-corrected chi connectivity index (χ4v) is 4.17. The minimum atomic E-state index is -4.63. The lowest BCUT2D eigenvalue weighted by Gasteiger charge is -2.17. The van der Waals surface area contributed by atoms with Crippen LogP contribution in [0, 0.1) is 11.6 Å². The van der Waals surface area contributed by atoms with E-state index in [1.54, 1.807) is 12.1 Å². The smallest absolute Gasteiger partial charge is 0.354 e. The highest BCUT2D eigenvalue weighted by atomic mass is 35.5. The number of nitrogens with one attached hydrogen (secondary N) is 2. The first-order chi connectivity index (χ1) is 17.2. The van der Waals surface area contributed by atoms with Crippen LogP contribution < -0.4 is 10.6 Å². The lowest BCUT2D eigenvalue weighted by Crippen LogP contribution is -2.25. The summed E-state index contributed by atoms with van der Waals surface area (Å²) in [5.41, 5.74) is -0.231. The van der Waals surface area contributed by atoms with Crippen molar-refractivity contribution in [1.29, 1.82) is 0 Å². The highest BCUT2D eigenvalue weighted by Crippen LogP contribution is 2.36. The number of hydrogen-bond donors (Lipinski definition) is 2. The number of guanidine groups is 1. The summed E-state index contributed by atoms with van der Waals surface area (Å²) < 4.78 is 74.3. The van der Waals surface area contributed by atoms with Crippen molar-refractivity contribution in [3.63, 3.8) is 0 Å². The first-order valence-electron chi connectivity index (χ1n) is 11.2. The Morgan fingerprint density at radius 1 is 1.06 bits per heavy atom. The van der Waals surface area contributed by atoms with E-state index in [0.717, 1.165) is 31.0 Å². The van der Waals surface area contributed by atoms with Gasteiger partial charge in [-0.25, -0.2) is 18.5 Å². The molecule has 0 unspecified atom stereocenters. The van der Waals surface area contributed by atoms with Gasteiger partial charge in [0, 0.05) is 16.8 Å². The molecule has 0 bridgehead atoms. The Morgan fingerprint density at radius 3 is 2.53 bits per heavy atom. The number of aliphatic imine (C=N–C) groups is 1. The van der Waals surface area contributed by atoms with Crippen LogP contribution in [0.1, 0.15) is 43.0 Å². The van der Waals surface area contributed by atoms with E-state index in [2.05, 4.69) is 20.7 Å². The second-order valence-corrected chi connectivity index (χ2v) is 8.75. The summed E-state index contributed by atoms with van der Waals surface area (Å²) in [4.78, 5) is 4.24. The summed E-state index contributed by atoms with van der Waals surface area (Å²) in [5, 5.41) is 9.60. The number of ether oxygens (including phenoxy) is 1. The molecule has 2 N–H and O–H groups in total. The Labute approximate surface area is 209 Å². The maximum absolute atomic E-state index is 13.9. The average molecular weight is 528 g/mol. The Morgan fingerprint density at radius 2 is 1.83 bits per heavy atom. The van der Waals surface area contributed by atoms with Crippen LogP contribution in [0.3, 0.4) is 0 Å². The van der Waals surface area contributed by atoms with Gasteiger partial charge in [-0.1, -0.05) is 36.6 Å². The van der Waals surface area contributed by atoms with Crippen LogP contribution in [0.15, 0.2) is 53.5 Å².